The number of hydrogen-bond donors (Lipinski definition) is 0. The molecule has 0 aliphatic carbocycles. The normalized spacial score (nSPS) is 10.2. The summed E-state index contributed by atoms with van der Waals surface area (Å²) in [7, 11) is 0. The Kier molecular flexibility index (Phi) is 1.96. The van der Waals surface area contributed by atoms with Crippen LogP contribution in [0.1, 0.15) is 10.6 Å². The lowest BCUT2D eigenvalue weighted by molar-refractivity contribution is 0.0940. The van der Waals surface area contributed by atoms with E-state index in [0.29, 0.717) is 5.76 Å². The number of aromatic nitrogens is 2. The molecule has 2 aromatic heterocycles. The summed E-state index contributed by atoms with van der Waals surface area (Å²) in [5, 5.41) is 3.92. The first kappa shape index (κ1) is 7.79. The van der Waals surface area contributed by atoms with E-state index in [1.165, 1.54) is 6.26 Å². The first-order chi connectivity index (χ1) is 6.36. The molecule has 66 valence electrons. The molecule has 0 bridgehead atoms. The summed E-state index contributed by atoms with van der Waals surface area (Å²) in [4.78, 5) is 11.4. The van der Waals surface area contributed by atoms with E-state index < -0.39 is 0 Å². The third kappa shape index (κ3) is 1.66. The maximum Gasteiger partial charge on any atom is 0.219 e. The zero-order chi connectivity index (χ0) is 9.10. The van der Waals surface area contributed by atoms with E-state index in [1.54, 1.807) is 35.3 Å². The molecule has 0 radical (unpaired) electrons. The summed E-state index contributed by atoms with van der Waals surface area (Å²) in [6, 6.07) is 5.11. The van der Waals surface area contributed by atoms with Crippen molar-refractivity contribution in [2.45, 2.75) is 6.54 Å². The SMILES string of the molecule is O=C(Cn1cccn1)c1ccco1. The largest absolute Gasteiger partial charge is 0.461 e. The van der Waals surface area contributed by atoms with Crippen molar-refractivity contribution in [3.8, 4) is 0 Å². The molecule has 4 nitrogen and oxygen atoms in total. The van der Waals surface area contributed by atoms with Crippen molar-refractivity contribution in [1.29, 1.82) is 0 Å². The standard InChI is InChI=1S/C9H8N2O2/c12-8(9-3-1-6-13-9)7-11-5-2-4-10-11/h1-6H,7H2. The fourth-order valence-corrected chi connectivity index (χ4v) is 1.06. The van der Waals surface area contributed by atoms with Gasteiger partial charge in [-0.25, -0.2) is 0 Å². The lowest BCUT2D eigenvalue weighted by Gasteiger charge is -1.96. The molecule has 0 saturated heterocycles. The van der Waals surface area contributed by atoms with Gasteiger partial charge in [0.25, 0.3) is 0 Å². The number of nitrogens with zero attached hydrogens (tertiary/aromatic N) is 2. The fourth-order valence-electron chi connectivity index (χ4n) is 1.06. The molecular weight excluding hydrogens is 168 g/mol. The maximum absolute atomic E-state index is 11.4. The van der Waals surface area contributed by atoms with Crippen molar-refractivity contribution in [2.75, 3.05) is 0 Å². The van der Waals surface area contributed by atoms with Crippen LogP contribution in [0.25, 0.3) is 0 Å². The van der Waals surface area contributed by atoms with Crippen molar-refractivity contribution < 1.29 is 9.21 Å². The molecule has 13 heavy (non-hydrogen) atoms. The molecule has 2 heterocycles. The average Bonchev–Trinajstić information content (AvgIpc) is 2.74. The lowest BCUT2D eigenvalue weighted by Crippen LogP contribution is -2.09. The van der Waals surface area contributed by atoms with Gasteiger partial charge in [-0.3, -0.25) is 9.48 Å². The Morgan fingerprint density at radius 1 is 1.54 bits per heavy atom. The summed E-state index contributed by atoms with van der Waals surface area (Å²) in [5.41, 5.74) is 0. The van der Waals surface area contributed by atoms with Gasteiger partial charge < -0.3 is 4.42 Å². The van der Waals surface area contributed by atoms with Crippen molar-refractivity contribution in [3.05, 3.63) is 42.6 Å². The summed E-state index contributed by atoms with van der Waals surface area (Å²) >= 11 is 0. The monoisotopic (exact) mass is 176 g/mol. The van der Waals surface area contributed by atoms with Crippen LogP contribution in [0.2, 0.25) is 0 Å². The number of rotatable bonds is 3. The molecule has 0 spiro atoms. The van der Waals surface area contributed by atoms with Gasteiger partial charge in [-0.1, -0.05) is 0 Å². The number of carbonyl (C=O) groups is 1. The average molecular weight is 176 g/mol. The number of carbonyl (C=O) groups excluding carboxylic acids is 1. The fraction of sp³-hybridized carbons (Fsp3) is 0.111. The second-order valence-corrected chi connectivity index (χ2v) is 2.60. The van der Waals surface area contributed by atoms with E-state index in [-0.39, 0.29) is 12.3 Å². The minimum Gasteiger partial charge on any atom is -0.461 e. The van der Waals surface area contributed by atoms with Crippen LogP contribution in [-0.2, 0) is 6.54 Å². The Hall–Kier alpha value is -1.84. The van der Waals surface area contributed by atoms with Crippen LogP contribution in [0.4, 0.5) is 0 Å². The Balaban J connectivity index is 2.08. The van der Waals surface area contributed by atoms with Gasteiger partial charge in [-0.15, -0.1) is 0 Å². The van der Waals surface area contributed by atoms with E-state index in [9.17, 15) is 4.79 Å². The molecule has 0 saturated carbocycles. The van der Waals surface area contributed by atoms with Crippen LogP contribution in [0.15, 0.2) is 41.3 Å². The van der Waals surface area contributed by atoms with Gasteiger partial charge in [-0.05, 0) is 18.2 Å². The third-order valence-corrected chi connectivity index (χ3v) is 1.66. The van der Waals surface area contributed by atoms with Gasteiger partial charge in [0, 0.05) is 12.4 Å². The summed E-state index contributed by atoms with van der Waals surface area (Å²) in [6.07, 6.45) is 4.85. The first-order valence-electron chi connectivity index (χ1n) is 3.90. The Bertz CT molecular complexity index is 376. The molecule has 2 rings (SSSR count). The molecule has 0 N–H and O–H groups in total. The van der Waals surface area contributed by atoms with Crippen LogP contribution < -0.4 is 0 Å². The van der Waals surface area contributed by atoms with Gasteiger partial charge in [0.1, 0.15) is 6.54 Å². The summed E-state index contributed by atoms with van der Waals surface area (Å²) in [6.45, 7) is 0.223. The van der Waals surface area contributed by atoms with Crippen LogP contribution in [0.3, 0.4) is 0 Å². The number of hydrogen-bond acceptors (Lipinski definition) is 3. The molecule has 2 aromatic rings. The highest BCUT2D eigenvalue weighted by Crippen LogP contribution is 2.02. The molecule has 0 amide bonds. The quantitative estimate of drug-likeness (QED) is 0.663. The minimum absolute atomic E-state index is 0.0753. The first-order valence-corrected chi connectivity index (χ1v) is 3.90. The Morgan fingerprint density at radius 2 is 2.46 bits per heavy atom. The zero-order valence-electron chi connectivity index (χ0n) is 6.88. The van der Waals surface area contributed by atoms with Gasteiger partial charge in [-0.2, -0.15) is 5.10 Å². The van der Waals surface area contributed by atoms with Crippen LogP contribution in [0.5, 0.6) is 0 Å². The lowest BCUT2D eigenvalue weighted by atomic mass is 10.3. The highest BCUT2D eigenvalue weighted by atomic mass is 16.3. The molecule has 0 fully saturated rings. The van der Waals surface area contributed by atoms with Gasteiger partial charge >= 0.3 is 0 Å². The second-order valence-electron chi connectivity index (χ2n) is 2.60. The zero-order valence-corrected chi connectivity index (χ0v) is 6.88. The number of furan rings is 1. The van der Waals surface area contributed by atoms with E-state index in [1.807, 2.05) is 0 Å². The Labute approximate surface area is 74.8 Å². The van der Waals surface area contributed by atoms with Gasteiger partial charge in [0.05, 0.1) is 6.26 Å². The Morgan fingerprint density at radius 3 is 3.08 bits per heavy atom. The van der Waals surface area contributed by atoms with Crippen molar-refractivity contribution in [1.82, 2.24) is 9.78 Å². The van der Waals surface area contributed by atoms with E-state index in [0.717, 1.165) is 0 Å². The van der Waals surface area contributed by atoms with E-state index in [4.69, 9.17) is 4.42 Å². The third-order valence-electron chi connectivity index (χ3n) is 1.66. The molecule has 0 aromatic carbocycles. The molecule has 0 aliphatic heterocycles. The van der Waals surface area contributed by atoms with E-state index in [2.05, 4.69) is 5.10 Å². The van der Waals surface area contributed by atoms with Crippen LogP contribution >= 0.6 is 0 Å². The highest BCUT2D eigenvalue weighted by Gasteiger charge is 2.08. The summed E-state index contributed by atoms with van der Waals surface area (Å²) < 4.78 is 6.51. The van der Waals surface area contributed by atoms with Crippen molar-refractivity contribution in [3.63, 3.8) is 0 Å². The topological polar surface area (TPSA) is 48.0 Å². The number of Topliss-reactive ketones (excluding diaryl/α,β-unsaturated/α-hetero) is 1. The second kappa shape index (κ2) is 3.26. The van der Waals surface area contributed by atoms with E-state index >= 15 is 0 Å². The highest BCUT2D eigenvalue weighted by molar-refractivity contribution is 5.93. The molecule has 0 aliphatic rings. The summed E-state index contributed by atoms with van der Waals surface area (Å²) in [5.74, 6) is 0.296. The van der Waals surface area contributed by atoms with Crippen LogP contribution in [0, 0.1) is 0 Å². The maximum atomic E-state index is 11.4. The van der Waals surface area contributed by atoms with Gasteiger partial charge in [0.2, 0.25) is 5.78 Å². The molecular formula is C9H8N2O2. The minimum atomic E-state index is -0.0753. The van der Waals surface area contributed by atoms with Crippen molar-refractivity contribution >= 4 is 5.78 Å². The smallest absolute Gasteiger partial charge is 0.219 e. The predicted octanol–water partition coefficient (Wildman–Crippen LogP) is 1.36. The van der Waals surface area contributed by atoms with Crippen LogP contribution in [-0.4, -0.2) is 15.6 Å². The molecule has 0 atom stereocenters. The molecule has 4 heteroatoms. The van der Waals surface area contributed by atoms with Crippen molar-refractivity contribution in [2.24, 2.45) is 0 Å². The van der Waals surface area contributed by atoms with Gasteiger partial charge in [0.15, 0.2) is 5.76 Å². The molecule has 0 unspecified atom stereocenters. The predicted molar refractivity (Wildman–Crippen MR) is 45.3 cm³/mol. The number of ketones is 1.